The minimum absolute atomic E-state index is 0. The predicted molar refractivity (Wildman–Crippen MR) is 141 cm³/mol. The van der Waals surface area contributed by atoms with Gasteiger partial charge >= 0.3 is 0 Å². The molecule has 0 saturated heterocycles. The van der Waals surface area contributed by atoms with Gasteiger partial charge in [-0.15, -0.1) is 24.0 Å². The van der Waals surface area contributed by atoms with Crippen LogP contribution >= 0.6 is 24.0 Å². The van der Waals surface area contributed by atoms with Crippen LogP contribution in [-0.2, 0) is 13.0 Å². The maximum absolute atomic E-state index is 11.8. The van der Waals surface area contributed by atoms with Gasteiger partial charge < -0.3 is 25.4 Å². The van der Waals surface area contributed by atoms with E-state index in [1.165, 1.54) is 0 Å². The number of carbonyl (C=O) groups excluding carboxylic acids is 1. The van der Waals surface area contributed by atoms with Crippen LogP contribution in [0.5, 0.6) is 11.5 Å². The van der Waals surface area contributed by atoms with Gasteiger partial charge in [-0.1, -0.05) is 18.2 Å². The third kappa shape index (κ3) is 8.94. The highest BCUT2D eigenvalue weighted by Gasteiger charge is 2.07. The van der Waals surface area contributed by atoms with Crippen LogP contribution in [-0.4, -0.2) is 45.2 Å². The fourth-order valence-corrected chi connectivity index (χ4v) is 3.04. The van der Waals surface area contributed by atoms with E-state index in [0.717, 1.165) is 48.1 Å². The molecule has 0 saturated carbocycles. The van der Waals surface area contributed by atoms with Gasteiger partial charge in [0.15, 0.2) is 17.5 Å². The first kappa shape index (κ1) is 27.5. The van der Waals surface area contributed by atoms with Gasteiger partial charge in [-0.2, -0.15) is 0 Å². The predicted octanol–water partition coefficient (Wildman–Crippen LogP) is 3.76. The molecule has 0 aromatic heterocycles. The lowest BCUT2D eigenvalue weighted by molar-refractivity contribution is 0.0963. The molecule has 2 aromatic carbocycles. The van der Waals surface area contributed by atoms with E-state index < -0.39 is 0 Å². The van der Waals surface area contributed by atoms with Crippen molar-refractivity contribution in [3.05, 3.63) is 59.2 Å². The van der Waals surface area contributed by atoms with E-state index in [-0.39, 0.29) is 29.9 Å². The molecule has 32 heavy (non-hydrogen) atoms. The molecule has 0 heterocycles. The normalized spacial score (nSPS) is 10.7. The van der Waals surface area contributed by atoms with Crippen LogP contribution in [0.2, 0.25) is 0 Å². The summed E-state index contributed by atoms with van der Waals surface area (Å²) < 4.78 is 11.3. The molecule has 0 atom stereocenters. The Bertz CT molecular complexity index is 874. The fourth-order valence-electron chi connectivity index (χ4n) is 3.04. The maximum atomic E-state index is 11.8. The van der Waals surface area contributed by atoms with Crippen molar-refractivity contribution in [1.82, 2.24) is 16.0 Å². The van der Waals surface area contributed by atoms with Crippen molar-refractivity contribution in [2.24, 2.45) is 4.99 Å². The van der Waals surface area contributed by atoms with Crippen molar-refractivity contribution in [3.63, 3.8) is 0 Å². The van der Waals surface area contributed by atoms with Crippen LogP contribution < -0.4 is 25.4 Å². The first-order chi connectivity index (χ1) is 15.1. The summed E-state index contributed by atoms with van der Waals surface area (Å²) in [4.78, 5) is 16.5. The zero-order valence-electron chi connectivity index (χ0n) is 19.4. The Morgan fingerprint density at radius 1 is 0.938 bits per heavy atom. The monoisotopic (exact) mass is 554 g/mol. The number of ether oxygens (including phenoxy) is 2. The van der Waals surface area contributed by atoms with Gasteiger partial charge in [-0.25, -0.2) is 4.99 Å². The molecule has 0 bridgehead atoms. The van der Waals surface area contributed by atoms with Gasteiger partial charge in [-0.3, -0.25) is 4.79 Å². The topological polar surface area (TPSA) is 84.0 Å². The summed E-state index contributed by atoms with van der Waals surface area (Å²) >= 11 is 0. The number of halogens is 1. The Kier molecular flexibility index (Phi) is 13.2. The third-order valence-electron chi connectivity index (χ3n) is 4.49. The summed E-state index contributed by atoms with van der Waals surface area (Å²) in [6.45, 7) is 9.14. The van der Waals surface area contributed by atoms with Crippen LogP contribution in [0.4, 0.5) is 0 Å². The maximum Gasteiger partial charge on any atom is 0.251 e. The Hall–Kier alpha value is -2.49. The number of guanidine groups is 1. The van der Waals surface area contributed by atoms with Crippen LogP contribution in [0.3, 0.4) is 0 Å². The number of hydrogen-bond donors (Lipinski definition) is 3. The second kappa shape index (κ2) is 15.3. The molecule has 0 spiro atoms. The van der Waals surface area contributed by atoms with Crippen molar-refractivity contribution >= 4 is 35.8 Å². The number of benzene rings is 2. The SMILES string of the molecule is CCNC(=NCc1cccc(C(=O)NC)c1)NCCc1ccc(OCC)c(OCC)c1.I. The molecule has 8 heteroatoms. The number of carbonyl (C=O) groups is 1. The molecule has 0 aliphatic rings. The first-order valence-corrected chi connectivity index (χ1v) is 10.8. The third-order valence-corrected chi connectivity index (χ3v) is 4.49. The molecule has 176 valence electrons. The van der Waals surface area contributed by atoms with E-state index in [1.54, 1.807) is 13.1 Å². The van der Waals surface area contributed by atoms with E-state index in [9.17, 15) is 4.79 Å². The molecular formula is C24H35IN4O3. The molecule has 7 nitrogen and oxygen atoms in total. The summed E-state index contributed by atoms with van der Waals surface area (Å²) in [6.07, 6.45) is 0.822. The lowest BCUT2D eigenvalue weighted by Crippen LogP contribution is -2.38. The summed E-state index contributed by atoms with van der Waals surface area (Å²) in [5.41, 5.74) is 2.77. The second-order valence-electron chi connectivity index (χ2n) is 6.80. The van der Waals surface area contributed by atoms with Gasteiger partial charge in [0.1, 0.15) is 0 Å². The second-order valence-corrected chi connectivity index (χ2v) is 6.80. The van der Waals surface area contributed by atoms with E-state index >= 15 is 0 Å². The molecule has 0 aliphatic carbocycles. The van der Waals surface area contributed by atoms with Gasteiger partial charge in [0.2, 0.25) is 0 Å². The highest BCUT2D eigenvalue weighted by Crippen LogP contribution is 2.28. The van der Waals surface area contributed by atoms with Crippen LogP contribution in [0.15, 0.2) is 47.5 Å². The zero-order valence-corrected chi connectivity index (χ0v) is 21.7. The lowest BCUT2D eigenvalue weighted by Gasteiger charge is -2.14. The Morgan fingerprint density at radius 2 is 1.69 bits per heavy atom. The van der Waals surface area contributed by atoms with Crippen molar-refractivity contribution in [1.29, 1.82) is 0 Å². The van der Waals surface area contributed by atoms with E-state index in [4.69, 9.17) is 9.47 Å². The Morgan fingerprint density at radius 3 is 2.38 bits per heavy atom. The average molecular weight is 554 g/mol. The largest absolute Gasteiger partial charge is 0.490 e. The standard InChI is InChI=1S/C24H34N4O3.HI/c1-5-26-24(28-17-19-9-8-10-20(15-19)23(29)25-4)27-14-13-18-11-12-21(30-6-2)22(16-18)31-7-3;/h8-12,15-16H,5-7,13-14,17H2,1-4H3,(H,25,29)(H2,26,27,28);1H. The number of aliphatic imine (C=N–C) groups is 1. The quantitative estimate of drug-likeness (QED) is 0.224. The Labute approximate surface area is 208 Å². The summed E-state index contributed by atoms with van der Waals surface area (Å²) in [6, 6.07) is 13.5. The molecular weight excluding hydrogens is 519 g/mol. The lowest BCUT2D eigenvalue weighted by atomic mass is 10.1. The zero-order chi connectivity index (χ0) is 22.5. The summed E-state index contributed by atoms with van der Waals surface area (Å²) in [5, 5.41) is 9.27. The minimum atomic E-state index is -0.0994. The van der Waals surface area contributed by atoms with E-state index in [0.29, 0.717) is 25.3 Å². The highest BCUT2D eigenvalue weighted by atomic mass is 127. The van der Waals surface area contributed by atoms with Crippen molar-refractivity contribution in [3.8, 4) is 11.5 Å². The number of amides is 1. The van der Waals surface area contributed by atoms with Crippen LogP contribution in [0.25, 0.3) is 0 Å². The molecule has 2 rings (SSSR count). The highest BCUT2D eigenvalue weighted by molar-refractivity contribution is 14.0. The average Bonchev–Trinajstić information content (AvgIpc) is 2.79. The van der Waals surface area contributed by atoms with Crippen LogP contribution in [0.1, 0.15) is 42.3 Å². The molecule has 0 fully saturated rings. The van der Waals surface area contributed by atoms with Crippen molar-refractivity contribution < 1.29 is 14.3 Å². The first-order valence-electron chi connectivity index (χ1n) is 10.8. The summed E-state index contributed by atoms with van der Waals surface area (Å²) in [7, 11) is 1.63. The smallest absolute Gasteiger partial charge is 0.251 e. The summed E-state index contributed by atoms with van der Waals surface area (Å²) in [5.74, 6) is 2.19. The van der Waals surface area contributed by atoms with Gasteiger partial charge in [0.25, 0.3) is 5.91 Å². The molecule has 0 aliphatic heterocycles. The van der Waals surface area contributed by atoms with Crippen molar-refractivity contribution in [2.75, 3.05) is 33.4 Å². The van der Waals surface area contributed by atoms with Gasteiger partial charge in [-0.05, 0) is 62.6 Å². The minimum Gasteiger partial charge on any atom is -0.490 e. The van der Waals surface area contributed by atoms with Crippen LogP contribution in [0, 0.1) is 0 Å². The fraction of sp³-hybridized carbons (Fsp3) is 0.417. The molecule has 3 N–H and O–H groups in total. The molecule has 0 radical (unpaired) electrons. The number of nitrogens with zero attached hydrogens (tertiary/aromatic N) is 1. The number of rotatable bonds is 11. The molecule has 2 aromatic rings. The number of hydrogen-bond acceptors (Lipinski definition) is 4. The van der Waals surface area contributed by atoms with Crippen molar-refractivity contribution in [2.45, 2.75) is 33.7 Å². The van der Waals surface area contributed by atoms with E-state index in [1.807, 2.05) is 51.1 Å². The molecule has 0 unspecified atom stereocenters. The van der Waals surface area contributed by atoms with E-state index in [2.05, 4.69) is 27.0 Å². The van der Waals surface area contributed by atoms with Gasteiger partial charge in [0.05, 0.1) is 19.8 Å². The van der Waals surface area contributed by atoms with Gasteiger partial charge in [0, 0.05) is 25.7 Å². The molecule has 1 amide bonds. The Balaban J connectivity index is 0.00000512. The number of nitrogens with one attached hydrogen (secondary N) is 3.